The molecule has 4 nitrogen and oxygen atoms in total. The highest BCUT2D eigenvalue weighted by Gasteiger charge is 2.19. The summed E-state index contributed by atoms with van der Waals surface area (Å²) in [5, 5.41) is 2.81. The fourth-order valence-corrected chi connectivity index (χ4v) is 2.12. The minimum absolute atomic E-state index is 0.120. The SMILES string of the molecule is CSc1ccc(CC(CN)NC(=O)OC(C)(C)C)cc1. The minimum atomic E-state index is -0.497. The Hall–Kier alpha value is -1.20. The van der Waals surface area contributed by atoms with Crippen molar-refractivity contribution in [2.45, 2.75) is 43.7 Å². The van der Waals surface area contributed by atoms with Crippen LogP contribution in [0.15, 0.2) is 29.2 Å². The quantitative estimate of drug-likeness (QED) is 0.820. The Balaban J connectivity index is 2.55. The van der Waals surface area contributed by atoms with E-state index in [0.717, 1.165) is 5.56 Å². The van der Waals surface area contributed by atoms with Crippen molar-refractivity contribution in [3.05, 3.63) is 29.8 Å². The zero-order valence-electron chi connectivity index (χ0n) is 12.6. The van der Waals surface area contributed by atoms with E-state index in [9.17, 15) is 4.79 Å². The van der Waals surface area contributed by atoms with Crippen LogP contribution in [0.5, 0.6) is 0 Å². The first kappa shape index (κ1) is 16.9. The lowest BCUT2D eigenvalue weighted by Gasteiger charge is -2.23. The van der Waals surface area contributed by atoms with Crippen LogP contribution >= 0.6 is 11.8 Å². The summed E-state index contributed by atoms with van der Waals surface area (Å²) in [7, 11) is 0. The van der Waals surface area contributed by atoms with Crippen LogP contribution in [0.25, 0.3) is 0 Å². The zero-order valence-corrected chi connectivity index (χ0v) is 13.4. The molecule has 1 atom stereocenters. The van der Waals surface area contributed by atoms with Crippen molar-refractivity contribution in [3.8, 4) is 0 Å². The molecular formula is C15H24N2O2S. The highest BCUT2D eigenvalue weighted by Crippen LogP contribution is 2.15. The van der Waals surface area contributed by atoms with Gasteiger partial charge in [0, 0.05) is 17.5 Å². The van der Waals surface area contributed by atoms with Crippen molar-refractivity contribution in [2.24, 2.45) is 5.73 Å². The van der Waals surface area contributed by atoms with Gasteiger partial charge in [0.1, 0.15) is 5.60 Å². The van der Waals surface area contributed by atoms with E-state index >= 15 is 0 Å². The van der Waals surface area contributed by atoms with Gasteiger partial charge in [0.25, 0.3) is 0 Å². The lowest BCUT2D eigenvalue weighted by atomic mass is 10.1. The monoisotopic (exact) mass is 296 g/mol. The molecule has 3 N–H and O–H groups in total. The average molecular weight is 296 g/mol. The number of hydrogen-bond acceptors (Lipinski definition) is 4. The van der Waals surface area contributed by atoms with Crippen LogP contribution in [0.2, 0.25) is 0 Å². The molecule has 0 aliphatic carbocycles. The summed E-state index contributed by atoms with van der Waals surface area (Å²) in [6, 6.07) is 8.14. The molecule has 0 saturated carbocycles. The third-order valence-corrected chi connectivity index (χ3v) is 3.39. The van der Waals surface area contributed by atoms with Crippen molar-refractivity contribution < 1.29 is 9.53 Å². The number of benzene rings is 1. The van der Waals surface area contributed by atoms with E-state index in [2.05, 4.69) is 29.6 Å². The molecule has 0 bridgehead atoms. The van der Waals surface area contributed by atoms with Crippen LogP contribution < -0.4 is 11.1 Å². The second kappa shape index (κ2) is 7.55. The van der Waals surface area contributed by atoms with Gasteiger partial charge in [-0.1, -0.05) is 12.1 Å². The summed E-state index contributed by atoms with van der Waals surface area (Å²) in [4.78, 5) is 12.9. The Bertz CT molecular complexity index is 426. The lowest BCUT2D eigenvalue weighted by Crippen LogP contribution is -2.44. The smallest absolute Gasteiger partial charge is 0.407 e. The molecular weight excluding hydrogens is 272 g/mol. The number of hydrogen-bond donors (Lipinski definition) is 2. The fraction of sp³-hybridized carbons (Fsp3) is 0.533. The number of rotatable bonds is 5. The second-order valence-corrected chi connectivity index (χ2v) is 6.51. The molecule has 1 aromatic carbocycles. The fourth-order valence-electron chi connectivity index (χ4n) is 1.71. The van der Waals surface area contributed by atoms with Gasteiger partial charge in [-0.3, -0.25) is 0 Å². The highest BCUT2D eigenvalue weighted by molar-refractivity contribution is 7.98. The maximum absolute atomic E-state index is 11.7. The van der Waals surface area contributed by atoms with Crippen LogP contribution in [-0.2, 0) is 11.2 Å². The third-order valence-electron chi connectivity index (χ3n) is 2.65. The molecule has 0 spiro atoms. The van der Waals surface area contributed by atoms with E-state index < -0.39 is 11.7 Å². The maximum atomic E-state index is 11.7. The predicted octanol–water partition coefficient (Wildman–Crippen LogP) is 2.80. The molecule has 20 heavy (non-hydrogen) atoms. The maximum Gasteiger partial charge on any atom is 0.407 e. The van der Waals surface area contributed by atoms with Crippen LogP contribution in [0.4, 0.5) is 4.79 Å². The molecule has 1 unspecified atom stereocenters. The molecule has 0 aromatic heterocycles. The highest BCUT2D eigenvalue weighted by atomic mass is 32.2. The number of ether oxygens (including phenoxy) is 1. The number of carbonyl (C=O) groups is 1. The van der Waals surface area contributed by atoms with Crippen LogP contribution in [0, 0.1) is 0 Å². The van der Waals surface area contributed by atoms with Crippen molar-refractivity contribution in [1.29, 1.82) is 0 Å². The molecule has 1 aromatic rings. The first-order chi connectivity index (χ1) is 9.34. The minimum Gasteiger partial charge on any atom is -0.444 e. The van der Waals surface area contributed by atoms with Crippen LogP contribution in [-0.4, -0.2) is 30.5 Å². The molecule has 0 aliphatic rings. The van der Waals surface area contributed by atoms with Gasteiger partial charge in [0.2, 0.25) is 0 Å². The van der Waals surface area contributed by atoms with Gasteiger partial charge in [0.15, 0.2) is 0 Å². The summed E-state index contributed by atoms with van der Waals surface area (Å²) < 4.78 is 5.24. The predicted molar refractivity (Wildman–Crippen MR) is 84.1 cm³/mol. The van der Waals surface area contributed by atoms with E-state index in [1.54, 1.807) is 11.8 Å². The van der Waals surface area contributed by atoms with Gasteiger partial charge >= 0.3 is 6.09 Å². The standard InChI is InChI=1S/C15H24N2O2S/c1-15(2,3)19-14(18)17-12(10-16)9-11-5-7-13(20-4)8-6-11/h5-8,12H,9-10,16H2,1-4H3,(H,17,18). The molecule has 0 radical (unpaired) electrons. The van der Waals surface area contributed by atoms with Crippen molar-refractivity contribution >= 4 is 17.9 Å². The number of alkyl carbamates (subject to hydrolysis) is 1. The molecule has 112 valence electrons. The topological polar surface area (TPSA) is 64.3 Å². The van der Waals surface area contributed by atoms with Crippen molar-refractivity contribution in [2.75, 3.05) is 12.8 Å². The Morgan fingerprint density at radius 3 is 2.40 bits per heavy atom. The Morgan fingerprint density at radius 1 is 1.35 bits per heavy atom. The molecule has 0 saturated heterocycles. The zero-order chi connectivity index (χ0) is 15.2. The van der Waals surface area contributed by atoms with Gasteiger partial charge in [-0.05, 0) is 51.1 Å². The van der Waals surface area contributed by atoms with Crippen molar-refractivity contribution in [1.82, 2.24) is 5.32 Å². The second-order valence-electron chi connectivity index (χ2n) is 5.63. The van der Waals surface area contributed by atoms with Gasteiger partial charge < -0.3 is 15.8 Å². The molecule has 1 rings (SSSR count). The molecule has 5 heteroatoms. The average Bonchev–Trinajstić information content (AvgIpc) is 2.36. The first-order valence-electron chi connectivity index (χ1n) is 6.66. The summed E-state index contributed by atoms with van der Waals surface area (Å²) >= 11 is 1.70. The van der Waals surface area contributed by atoms with Gasteiger partial charge in [-0.15, -0.1) is 11.8 Å². The Labute approximate surface area is 125 Å². The lowest BCUT2D eigenvalue weighted by molar-refractivity contribution is 0.0506. The van der Waals surface area contributed by atoms with E-state index in [0.29, 0.717) is 13.0 Å². The largest absolute Gasteiger partial charge is 0.444 e. The van der Waals surface area contributed by atoms with Crippen molar-refractivity contribution in [3.63, 3.8) is 0 Å². The Kier molecular flexibility index (Phi) is 6.36. The van der Waals surface area contributed by atoms with Crippen LogP contribution in [0.1, 0.15) is 26.3 Å². The normalized spacial score (nSPS) is 12.8. The molecule has 0 aliphatic heterocycles. The molecule has 1 amide bonds. The first-order valence-corrected chi connectivity index (χ1v) is 7.89. The summed E-state index contributed by atoms with van der Waals surface area (Å²) in [6.07, 6.45) is 2.32. The van der Waals surface area contributed by atoms with E-state index in [4.69, 9.17) is 10.5 Å². The van der Waals surface area contributed by atoms with Gasteiger partial charge in [0.05, 0.1) is 0 Å². The van der Waals surface area contributed by atoms with E-state index in [-0.39, 0.29) is 6.04 Å². The summed E-state index contributed by atoms with van der Waals surface area (Å²) in [6.45, 7) is 5.89. The number of nitrogens with one attached hydrogen (secondary N) is 1. The Morgan fingerprint density at radius 2 is 1.95 bits per heavy atom. The van der Waals surface area contributed by atoms with Crippen LogP contribution in [0.3, 0.4) is 0 Å². The summed E-state index contributed by atoms with van der Waals surface area (Å²) in [5.41, 5.74) is 6.37. The number of amides is 1. The van der Waals surface area contributed by atoms with Gasteiger partial charge in [-0.25, -0.2) is 4.79 Å². The van der Waals surface area contributed by atoms with E-state index in [1.807, 2.05) is 27.0 Å². The summed E-state index contributed by atoms with van der Waals surface area (Å²) in [5.74, 6) is 0. The third kappa shape index (κ3) is 6.30. The number of thioether (sulfide) groups is 1. The number of nitrogens with two attached hydrogens (primary N) is 1. The van der Waals surface area contributed by atoms with E-state index in [1.165, 1.54) is 4.90 Å². The molecule has 0 heterocycles. The van der Waals surface area contributed by atoms with Gasteiger partial charge in [-0.2, -0.15) is 0 Å². The number of carbonyl (C=O) groups excluding carboxylic acids is 1. The molecule has 0 fully saturated rings.